The Bertz CT molecular complexity index is 1120. The number of nitrogens with two attached hydrogens (primary N) is 1. The molecule has 1 aromatic carbocycles. The second-order valence-corrected chi connectivity index (χ2v) is 8.48. The standard InChI is InChI=1S/C17H16N4O6S2/c1-9(16(24)20-17-11(14(18)23)6-7-28-17)27-13(22)8-19-15-10-4-2-3-5-12(10)29(25,26)21-15/h2-7,9H,8H2,1H3,(H2,18,23)(H,19,21)(H,20,24). The molecule has 1 aliphatic heterocycles. The Labute approximate surface area is 169 Å². The molecule has 29 heavy (non-hydrogen) atoms. The fourth-order valence-corrected chi connectivity index (χ4v) is 4.54. The molecule has 2 heterocycles. The Kier molecular flexibility index (Phi) is 5.66. The van der Waals surface area contributed by atoms with Crippen LogP contribution in [0.1, 0.15) is 22.8 Å². The van der Waals surface area contributed by atoms with Crippen LogP contribution in [0.25, 0.3) is 0 Å². The number of nitrogens with one attached hydrogen (secondary N) is 2. The summed E-state index contributed by atoms with van der Waals surface area (Å²) < 4.78 is 31.3. The summed E-state index contributed by atoms with van der Waals surface area (Å²) in [6.45, 7) is 0.862. The second-order valence-electron chi connectivity index (χ2n) is 5.92. The lowest BCUT2D eigenvalue weighted by molar-refractivity contribution is -0.151. The van der Waals surface area contributed by atoms with E-state index in [-0.39, 0.29) is 21.3 Å². The number of ether oxygens (including phenoxy) is 1. The minimum atomic E-state index is -3.71. The van der Waals surface area contributed by atoms with E-state index >= 15 is 0 Å². The van der Waals surface area contributed by atoms with Crippen molar-refractivity contribution in [1.82, 2.24) is 4.72 Å². The Morgan fingerprint density at radius 1 is 1.28 bits per heavy atom. The molecular formula is C17H16N4O6S2. The maximum Gasteiger partial charge on any atom is 0.328 e. The van der Waals surface area contributed by atoms with E-state index in [1.807, 2.05) is 0 Å². The summed E-state index contributed by atoms with van der Waals surface area (Å²) in [6.07, 6.45) is -1.17. The van der Waals surface area contributed by atoms with Gasteiger partial charge in [-0.3, -0.25) is 24.1 Å². The van der Waals surface area contributed by atoms with Gasteiger partial charge in [-0.15, -0.1) is 11.3 Å². The molecule has 3 rings (SSSR count). The highest BCUT2D eigenvalue weighted by Crippen LogP contribution is 2.23. The zero-order valence-electron chi connectivity index (χ0n) is 15.0. The molecule has 0 bridgehead atoms. The van der Waals surface area contributed by atoms with Crippen molar-refractivity contribution in [1.29, 1.82) is 0 Å². The smallest absolute Gasteiger partial charge is 0.328 e. The molecule has 1 atom stereocenters. The molecule has 12 heteroatoms. The molecule has 1 unspecified atom stereocenters. The number of thiophene rings is 1. The minimum absolute atomic E-state index is 0.0272. The van der Waals surface area contributed by atoms with Crippen molar-refractivity contribution in [2.75, 3.05) is 11.9 Å². The summed E-state index contributed by atoms with van der Waals surface area (Å²) in [5.74, 6) is -2.14. The van der Waals surface area contributed by atoms with Crippen LogP contribution >= 0.6 is 11.3 Å². The highest BCUT2D eigenvalue weighted by Gasteiger charge is 2.30. The minimum Gasteiger partial charge on any atom is -0.451 e. The molecule has 10 nitrogen and oxygen atoms in total. The Hall–Kier alpha value is -3.25. The van der Waals surface area contributed by atoms with Gasteiger partial charge >= 0.3 is 5.97 Å². The third kappa shape index (κ3) is 4.43. The summed E-state index contributed by atoms with van der Waals surface area (Å²) in [5, 5.41) is 4.31. The van der Waals surface area contributed by atoms with E-state index in [0.29, 0.717) is 5.56 Å². The first-order valence-electron chi connectivity index (χ1n) is 8.23. The van der Waals surface area contributed by atoms with Crippen molar-refractivity contribution in [2.45, 2.75) is 17.9 Å². The van der Waals surface area contributed by atoms with Crippen molar-refractivity contribution < 1.29 is 27.5 Å². The van der Waals surface area contributed by atoms with Crippen molar-refractivity contribution in [3.63, 3.8) is 0 Å². The maximum atomic E-state index is 12.2. The van der Waals surface area contributed by atoms with E-state index in [4.69, 9.17) is 10.5 Å². The predicted octanol–water partition coefficient (Wildman–Crippen LogP) is 0.456. The van der Waals surface area contributed by atoms with Gasteiger partial charge in [0.15, 0.2) is 6.10 Å². The zero-order chi connectivity index (χ0) is 21.2. The molecule has 0 saturated heterocycles. The van der Waals surface area contributed by atoms with Gasteiger partial charge < -0.3 is 15.8 Å². The fourth-order valence-electron chi connectivity index (χ4n) is 2.50. The van der Waals surface area contributed by atoms with Crippen LogP contribution in [0, 0.1) is 0 Å². The number of sulfonamides is 1. The monoisotopic (exact) mass is 436 g/mol. The molecule has 0 aliphatic carbocycles. The van der Waals surface area contributed by atoms with Crippen LogP contribution in [-0.2, 0) is 24.3 Å². The van der Waals surface area contributed by atoms with Gasteiger partial charge in [0.05, 0.1) is 10.5 Å². The number of anilines is 1. The van der Waals surface area contributed by atoms with Crippen molar-refractivity contribution in [3.05, 3.63) is 46.8 Å². The molecule has 4 N–H and O–H groups in total. The molecule has 0 fully saturated rings. The number of rotatable bonds is 6. The Morgan fingerprint density at radius 2 is 2.00 bits per heavy atom. The van der Waals surface area contributed by atoms with E-state index in [1.54, 1.807) is 23.6 Å². The number of carbonyl (C=O) groups is 3. The normalized spacial score (nSPS) is 16.5. The quantitative estimate of drug-likeness (QED) is 0.558. The van der Waals surface area contributed by atoms with Crippen LogP contribution in [-0.4, -0.2) is 44.7 Å². The number of amides is 2. The van der Waals surface area contributed by atoms with E-state index < -0.39 is 40.5 Å². The van der Waals surface area contributed by atoms with Crippen LogP contribution < -0.4 is 15.8 Å². The van der Waals surface area contributed by atoms with E-state index in [1.165, 1.54) is 19.1 Å². The largest absolute Gasteiger partial charge is 0.451 e. The number of fused-ring (bicyclic) bond motifs is 1. The Balaban J connectivity index is 1.61. The first-order valence-corrected chi connectivity index (χ1v) is 10.6. The van der Waals surface area contributed by atoms with Crippen LogP contribution in [0.5, 0.6) is 0 Å². The van der Waals surface area contributed by atoms with Crippen LogP contribution in [0.3, 0.4) is 0 Å². The number of hydrogen-bond acceptors (Lipinski definition) is 8. The zero-order valence-corrected chi connectivity index (χ0v) is 16.7. The lowest BCUT2D eigenvalue weighted by Gasteiger charge is -2.12. The maximum absolute atomic E-state index is 12.2. The van der Waals surface area contributed by atoms with Crippen molar-refractivity contribution in [3.8, 4) is 0 Å². The summed E-state index contributed by atoms with van der Waals surface area (Å²) in [5.41, 5.74) is 5.71. The molecule has 152 valence electrons. The fraction of sp³-hybridized carbons (Fsp3) is 0.176. The molecule has 0 radical (unpaired) electrons. The summed E-state index contributed by atoms with van der Waals surface area (Å²) in [6, 6.07) is 7.68. The van der Waals surface area contributed by atoms with Gasteiger partial charge in [0.25, 0.3) is 21.8 Å². The molecule has 1 aromatic heterocycles. The lowest BCUT2D eigenvalue weighted by Crippen LogP contribution is -2.31. The number of nitrogens with zero attached hydrogens (tertiary/aromatic N) is 1. The first-order chi connectivity index (χ1) is 13.7. The van der Waals surface area contributed by atoms with E-state index in [9.17, 15) is 22.8 Å². The van der Waals surface area contributed by atoms with E-state index in [0.717, 1.165) is 11.3 Å². The predicted molar refractivity (Wildman–Crippen MR) is 105 cm³/mol. The molecule has 0 spiro atoms. The second kappa shape index (κ2) is 8.01. The summed E-state index contributed by atoms with van der Waals surface area (Å²) in [7, 11) is -3.71. The van der Waals surface area contributed by atoms with Gasteiger partial charge in [0.2, 0.25) is 0 Å². The Morgan fingerprint density at radius 3 is 2.72 bits per heavy atom. The van der Waals surface area contributed by atoms with E-state index in [2.05, 4.69) is 15.0 Å². The lowest BCUT2D eigenvalue weighted by atomic mass is 10.2. The highest BCUT2D eigenvalue weighted by atomic mass is 32.2. The average molecular weight is 436 g/mol. The van der Waals surface area contributed by atoms with Crippen molar-refractivity contribution >= 4 is 50.0 Å². The third-order valence-electron chi connectivity index (χ3n) is 3.87. The molecular weight excluding hydrogens is 420 g/mol. The van der Waals surface area contributed by atoms with Crippen LogP contribution in [0.4, 0.5) is 5.00 Å². The highest BCUT2D eigenvalue weighted by molar-refractivity contribution is 7.90. The first kappa shape index (κ1) is 20.5. The van der Waals surface area contributed by atoms with Gasteiger partial charge in [-0.1, -0.05) is 12.1 Å². The number of hydrogen-bond donors (Lipinski definition) is 3. The number of esters is 1. The number of primary amides is 1. The summed E-state index contributed by atoms with van der Waals surface area (Å²) >= 11 is 1.10. The topological polar surface area (TPSA) is 157 Å². The van der Waals surface area contributed by atoms with Gasteiger partial charge in [-0.2, -0.15) is 0 Å². The van der Waals surface area contributed by atoms with Crippen LogP contribution in [0.2, 0.25) is 0 Å². The number of amidine groups is 1. The van der Waals surface area contributed by atoms with Crippen molar-refractivity contribution in [2.24, 2.45) is 10.7 Å². The number of aliphatic imine (C=N–C) groups is 1. The van der Waals surface area contributed by atoms with Gasteiger partial charge in [0.1, 0.15) is 17.4 Å². The number of benzene rings is 1. The third-order valence-corrected chi connectivity index (χ3v) is 6.10. The average Bonchev–Trinajstić information content (AvgIpc) is 3.22. The molecule has 2 aromatic rings. The SMILES string of the molecule is CC(OC(=O)CN=C1NS(=O)(=O)c2ccccc21)C(=O)Nc1sccc1C(N)=O. The molecule has 1 aliphatic rings. The van der Waals surface area contributed by atoms with Gasteiger partial charge in [-0.05, 0) is 30.5 Å². The molecule has 2 amide bonds. The van der Waals surface area contributed by atoms with Gasteiger partial charge in [-0.25, -0.2) is 8.42 Å². The summed E-state index contributed by atoms with van der Waals surface area (Å²) in [4.78, 5) is 39.5. The van der Waals surface area contributed by atoms with Gasteiger partial charge in [0, 0.05) is 5.56 Å². The molecule has 0 saturated carbocycles. The van der Waals surface area contributed by atoms with Crippen LogP contribution in [0.15, 0.2) is 45.6 Å². The number of carbonyl (C=O) groups excluding carboxylic acids is 3.